The van der Waals surface area contributed by atoms with Gasteiger partial charge >= 0.3 is 8.34 Å². The quantitative estimate of drug-likeness (QED) is 0.684. The maximum atomic E-state index is 12.2. The Labute approximate surface area is 62.2 Å². The maximum absolute atomic E-state index is 12.2. The van der Waals surface area contributed by atoms with E-state index in [0.717, 1.165) is 6.92 Å². The normalized spacial score (nSPS) is 17.9. The highest BCUT2D eigenvalue weighted by atomic mass is 31.2. The van der Waals surface area contributed by atoms with Gasteiger partial charge < -0.3 is 9.63 Å². The zero-order valence-electron chi connectivity index (χ0n) is 5.68. The van der Waals surface area contributed by atoms with Crippen molar-refractivity contribution in [1.82, 2.24) is 0 Å². The molecule has 0 heterocycles. The molecule has 0 rings (SSSR count). The molecule has 0 aliphatic carbocycles. The third-order valence-corrected chi connectivity index (χ3v) is 1.36. The summed E-state index contributed by atoms with van der Waals surface area (Å²) in [4.78, 5) is 0. The van der Waals surface area contributed by atoms with Crippen LogP contribution in [0.1, 0.15) is 6.92 Å². The van der Waals surface area contributed by atoms with Gasteiger partial charge in [-0.3, -0.25) is 4.57 Å². The molecule has 0 aliphatic heterocycles. The lowest BCUT2D eigenvalue weighted by Gasteiger charge is -2.17. The summed E-state index contributed by atoms with van der Waals surface area (Å²) in [6, 6.07) is 0. The second-order valence-corrected chi connectivity index (χ2v) is 2.73. The van der Waals surface area contributed by atoms with Crippen molar-refractivity contribution >= 4 is 8.34 Å². The number of aliphatic hydroxyl groups excluding tert-OH is 1. The molecule has 0 spiro atoms. The summed E-state index contributed by atoms with van der Waals surface area (Å²) in [5.41, 5.74) is 0. The highest BCUT2D eigenvalue weighted by Crippen LogP contribution is 2.28. The molecule has 0 aromatic heterocycles. The molecular weight excluding hydrogens is 184 g/mol. The first-order valence-corrected chi connectivity index (χ1v) is 3.94. The lowest BCUT2D eigenvalue weighted by atomic mass is 10.2. The van der Waals surface area contributed by atoms with Crippen LogP contribution in [-0.2, 0) is 9.09 Å². The third-order valence-electron chi connectivity index (χ3n) is 0.989. The summed E-state index contributed by atoms with van der Waals surface area (Å²) in [5, 5.41) is 8.35. The van der Waals surface area contributed by atoms with E-state index in [4.69, 9.17) is 5.11 Å². The molecule has 0 radical (unpaired) electrons. The van der Waals surface area contributed by atoms with E-state index in [-0.39, 0.29) is 0 Å². The summed E-state index contributed by atoms with van der Waals surface area (Å²) in [6.45, 7) is -0.530. The summed E-state index contributed by atoms with van der Waals surface area (Å²) < 4.78 is 49.0. The first-order chi connectivity index (χ1) is 4.86. The number of alkyl halides is 2. The lowest BCUT2D eigenvalue weighted by molar-refractivity contribution is -0.122. The summed E-state index contributed by atoms with van der Waals surface area (Å²) in [6.07, 6.45) is -1.94. The fourth-order valence-corrected chi connectivity index (χ4v) is 0.579. The minimum atomic E-state index is -3.84. The zero-order chi connectivity index (χ0) is 9.07. The van der Waals surface area contributed by atoms with E-state index in [1.807, 2.05) is 0 Å². The molecule has 0 saturated heterocycles. The van der Waals surface area contributed by atoms with Gasteiger partial charge in [-0.1, -0.05) is 0 Å². The number of hydrogen-bond acceptors (Lipinski definition) is 3. The first kappa shape index (κ1) is 10.9. The summed E-state index contributed by atoms with van der Waals surface area (Å²) in [5.74, 6) is -3.55. The number of halogens is 3. The highest BCUT2D eigenvalue weighted by Gasteiger charge is 2.36. The largest absolute Gasteiger partial charge is 0.387 e. The van der Waals surface area contributed by atoms with Crippen molar-refractivity contribution in [3.8, 4) is 0 Å². The van der Waals surface area contributed by atoms with Crippen LogP contribution in [0.4, 0.5) is 13.0 Å². The van der Waals surface area contributed by atoms with E-state index in [9.17, 15) is 17.5 Å². The Morgan fingerprint density at radius 1 is 1.73 bits per heavy atom. The molecule has 0 aromatic rings. The Morgan fingerprint density at radius 2 is 2.18 bits per heavy atom. The summed E-state index contributed by atoms with van der Waals surface area (Å²) in [7, 11) is -3.84. The number of aliphatic hydroxyl groups is 1. The van der Waals surface area contributed by atoms with Gasteiger partial charge in [-0.05, 0) is 6.92 Å². The first-order valence-electron chi connectivity index (χ1n) is 2.74. The Balaban J connectivity index is 3.82. The average molecular weight is 192 g/mol. The smallest absolute Gasteiger partial charge is 0.356 e. The van der Waals surface area contributed by atoms with Crippen molar-refractivity contribution in [2.45, 2.75) is 19.0 Å². The van der Waals surface area contributed by atoms with Crippen LogP contribution < -0.4 is 0 Å². The van der Waals surface area contributed by atoms with Crippen LogP contribution in [0, 0.1) is 0 Å². The van der Waals surface area contributed by atoms with Crippen LogP contribution in [0.5, 0.6) is 0 Å². The molecule has 1 N–H and O–H groups in total. The summed E-state index contributed by atoms with van der Waals surface area (Å²) >= 11 is 0. The van der Waals surface area contributed by atoms with Gasteiger partial charge in [0.15, 0.2) is 0 Å². The van der Waals surface area contributed by atoms with Crippen LogP contribution in [0.25, 0.3) is 0 Å². The molecule has 0 aliphatic rings. The van der Waals surface area contributed by atoms with Crippen LogP contribution in [0.15, 0.2) is 0 Å². The SMILES string of the molecule is CC(O)C(F)(F)CO[PH](=O)F. The molecule has 0 amide bonds. The van der Waals surface area contributed by atoms with Gasteiger partial charge in [0.1, 0.15) is 12.7 Å². The molecule has 2 atom stereocenters. The van der Waals surface area contributed by atoms with Gasteiger partial charge in [-0.15, -0.1) is 0 Å². The Kier molecular flexibility index (Phi) is 4.07. The van der Waals surface area contributed by atoms with E-state index in [1.165, 1.54) is 0 Å². The monoisotopic (exact) mass is 192 g/mol. The van der Waals surface area contributed by atoms with Crippen molar-refractivity contribution in [3.05, 3.63) is 0 Å². The predicted octanol–water partition coefficient (Wildman–Crippen LogP) is 1.38. The van der Waals surface area contributed by atoms with Crippen molar-refractivity contribution in [2.75, 3.05) is 6.61 Å². The van der Waals surface area contributed by atoms with Crippen LogP contribution in [0.2, 0.25) is 0 Å². The van der Waals surface area contributed by atoms with Crippen LogP contribution >= 0.6 is 8.34 Å². The van der Waals surface area contributed by atoms with Gasteiger partial charge in [0.2, 0.25) is 0 Å². The molecule has 0 saturated carbocycles. The van der Waals surface area contributed by atoms with E-state index >= 15 is 0 Å². The van der Waals surface area contributed by atoms with Gasteiger partial charge in [-0.2, -0.15) is 4.20 Å². The highest BCUT2D eigenvalue weighted by molar-refractivity contribution is 7.32. The van der Waals surface area contributed by atoms with Crippen LogP contribution in [-0.4, -0.2) is 23.7 Å². The van der Waals surface area contributed by atoms with Crippen molar-refractivity contribution in [1.29, 1.82) is 0 Å². The van der Waals surface area contributed by atoms with Crippen molar-refractivity contribution in [3.63, 3.8) is 0 Å². The van der Waals surface area contributed by atoms with Crippen LogP contribution in [0.3, 0.4) is 0 Å². The van der Waals surface area contributed by atoms with Gasteiger partial charge in [0, 0.05) is 0 Å². The third kappa shape index (κ3) is 4.40. The minimum Gasteiger partial charge on any atom is -0.387 e. The van der Waals surface area contributed by atoms with E-state index in [0.29, 0.717) is 0 Å². The minimum absolute atomic E-state index is 0.832. The maximum Gasteiger partial charge on any atom is 0.356 e. The Morgan fingerprint density at radius 3 is 2.45 bits per heavy atom. The number of rotatable bonds is 4. The molecule has 0 bridgehead atoms. The molecule has 2 unspecified atom stereocenters. The molecule has 68 valence electrons. The molecule has 0 aromatic carbocycles. The van der Waals surface area contributed by atoms with Gasteiger partial charge in [-0.25, -0.2) is 8.78 Å². The predicted molar refractivity (Wildman–Crippen MR) is 32.7 cm³/mol. The van der Waals surface area contributed by atoms with E-state index < -0.39 is 27.0 Å². The topological polar surface area (TPSA) is 46.5 Å². The van der Waals surface area contributed by atoms with Crippen molar-refractivity contribution in [2.24, 2.45) is 0 Å². The Bertz CT molecular complexity index is 150. The van der Waals surface area contributed by atoms with Gasteiger partial charge in [0.25, 0.3) is 5.92 Å². The van der Waals surface area contributed by atoms with E-state index in [2.05, 4.69) is 4.52 Å². The molecule has 7 heteroatoms. The van der Waals surface area contributed by atoms with Gasteiger partial charge in [0.05, 0.1) is 0 Å². The second kappa shape index (κ2) is 4.09. The average Bonchev–Trinajstić information content (AvgIpc) is 1.84. The Hall–Kier alpha value is -0.0600. The van der Waals surface area contributed by atoms with E-state index in [1.54, 1.807) is 0 Å². The molecule has 11 heavy (non-hydrogen) atoms. The number of hydrogen-bond donors (Lipinski definition) is 1. The van der Waals surface area contributed by atoms with Crippen molar-refractivity contribution < 1.29 is 27.2 Å². The molecule has 3 nitrogen and oxygen atoms in total. The zero-order valence-corrected chi connectivity index (χ0v) is 6.68. The molecule has 0 fully saturated rings. The molecular formula is C4H8F3O3P. The standard InChI is InChI=1S/C4H8F3O3P/c1-3(8)4(5,6)2-10-11(7)9/h3,8,11H,2H2,1H3. The fourth-order valence-electron chi connectivity index (χ4n) is 0.274. The fraction of sp³-hybridized carbons (Fsp3) is 1.00. The lowest BCUT2D eigenvalue weighted by Crippen LogP contribution is -2.34. The second-order valence-electron chi connectivity index (χ2n) is 1.96.